The van der Waals surface area contributed by atoms with Gasteiger partial charge in [-0.2, -0.15) is 0 Å². The van der Waals surface area contributed by atoms with Crippen molar-refractivity contribution in [2.24, 2.45) is 0 Å². The highest BCUT2D eigenvalue weighted by atomic mass is 35.5. The van der Waals surface area contributed by atoms with Crippen molar-refractivity contribution in [1.29, 1.82) is 0 Å². The van der Waals surface area contributed by atoms with E-state index in [0.29, 0.717) is 6.54 Å². The minimum Gasteiger partial charge on any atom is -0.348 e. The van der Waals surface area contributed by atoms with E-state index in [1.807, 2.05) is 24.3 Å². The number of hydrogen-bond acceptors (Lipinski definition) is 2. The highest BCUT2D eigenvalue weighted by Gasteiger charge is 2.03. The number of carbonyl (C=O) groups excluding carboxylic acids is 1. The van der Waals surface area contributed by atoms with E-state index in [1.165, 1.54) is 0 Å². The van der Waals surface area contributed by atoms with Crippen LogP contribution < -0.4 is 5.32 Å². The number of hydrogen-bond donors (Lipinski definition) is 2. The van der Waals surface area contributed by atoms with Crippen molar-refractivity contribution in [1.82, 2.24) is 15.3 Å². The smallest absolute Gasteiger partial charge is 0.235 e. The Morgan fingerprint density at radius 1 is 1.47 bits per heavy atom. The molecule has 4 nitrogen and oxygen atoms in total. The molecule has 5 heteroatoms. The third kappa shape index (κ3) is 2.27. The van der Waals surface area contributed by atoms with Gasteiger partial charge in [0.25, 0.3) is 0 Å². The summed E-state index contributed by atoms with van der Waals surface area (Å²) in [6, 6.07) is 7.71. The Balaban J connectivity index is 2.12. The summed E-state index contributed by atoms with van der Waals surface area (Å²) in [6.07, 6.45) is 0. The Bertz CT molecular complexity index is 447. The lowest BCUT2D eigenvalue weighted by atomic mass is 10.3. The zero-order chi connectivity index (χ0) is 10.7. The van der Waals surface area contributed by atoms with Crippen LogP contribution in [-0.4, -0.2) is 21.8 Å². The van der Waals surface area contributed by atoms with Crippen LogP contribution in [0.4, 0.5) is 0 Å². The number of benzene rings is 1. The number of nitrogens with zero attached hydrogens (tertiary/aromatic N) is 1. The molecule has 0 radical (unpaired) electrons. The van der Waals surface area contributed by atoms with Gasteiger partial charge in [0.05, 0.1) is 17.6 Å². The molecule has 1 heterocycles. The van der Waals surface area contributed by atoms with E-state index >= 15 is 0 Å². The number of imidazole rings is 1. The van der Waals surface area contributed by atoms with Gasteiger partial charge in [0.1, 0.15) is 11.7 Å². The number of rotatable bonds is 3. The number of para-hydroxylation sites is 2. The third-order valence-corrected chi connectivity index (χ3v) is 2.26. The highest BCUT2D eigenvalue weighted by molar-refractivity contribution is 6.27. The van der Waals surface area contributed by atoms with Crippen LogP contribution in [0.3, 0.4) is 0 Å². The van der Waals surface area contributed by atoms with Gasteiger partial charge in [-0.3, -0.25) is 4.79 Å². The number of H-pyrrole nitrogens is 1. The second kappa shape index (κ2) is 4.31. The summed E-state index contributed by atoms with van der Waals surface area (Å²) in [5, 5.41) is 2.64. The number of amides is 1. The van der Waals surface area contributed by atoms with E-state index in [9.17, 15) is 4.79 Å². The average molecular weight is 224 g/mol. The van der Waals surface area contributed by atoms with Crippen molar-refractivity contribution in [3.8, 4) is 0 Å². The van der Waals surface area contributed by atoms with Gasteiger partial charge >= 0.3 is 0 Å². The standard InChI is InChI=1S/C10H10ClN3O/c11-5-10(15)12-6-9-13-7-3-1-2-4-8(7)14-9/h1-4H,5-6H2,(H,12,15)(H,13,14). The van der Waals surface area contributed by atoms with Crippen LogP contribution in [0.2, 0.25) is 0 Å². The fourth-order valence-corrected chi connectivity index (χ4v) is 1.41. The van der Waals surface area contributed by atoms with Crippen LogP contribution in [0.1, 0.15) is 5.82 Å². The number of halogens is 1. The molecular weight excluding hydrogens is 214 g/mol. The molecule has 1 amide bonds. The lowest BCUT2D eigenvalue weighted by molar-refractivity contribution is -0.118. The average Bonchev–Trinajstić information content (AvgIpc) is 2.68. The van der Waals surface area contributed by atoms with Crippen LogP contribution in [-0.2, 0) is 11.3 Å². The Kier molecular flexibility index (Phi) is 2.87. The summed E-state index contributed by atoms with van der Waals surface area (Å²) >= 11 is 5.35. The van der Waals surface area contributed by atoms with E-state index < -0.39 is 0 Å². The SMILES string of the molecule is O=C(CCl)NCc1nc2ccccc2[nH]1. The summed E-state index contributed by atoms with van der Waals surface area (Å²) in [7, 11) is 0. The first-order chi connectivity index (χ1) is 7.29. The van der Waals surface area contributed by atoms with Crippen molar-refractivity contribution in [2.45, 2.75) is 6.54 Å². The molecule has 0 aliphatic carbocycles. The topological polar surface area (TPSA) is 57.8 Å². The van der Waals surface area contributed by atoms with Gasteiger partial charge < -0.3 is 10.3 Å². The Hall–Kier alpha value is -1.55. The Morgan fingerprint density at radius 2 is 2.27 bits per heavy atom. The Labute approximate surface area is 91.7 Å². The van der Waals surface area contributed by atoms with E-state index in [0.717, 1.165) is 16.9 Å². The van der Waals surface area contributed by atoms with E-state index in [4.69, 9.17) is 11.6 Å². The summed E-state index contributed by atoms with van der Waals surface area (Å²) < 4.78 is 0. The summed E-state index contributed by atoms with van der Waals surface area (Å²) in [5.41, 5.74) is 1.86. The van der Waals surface area contributed by atoms with Crippen LogP contribution in [0, 0.1) is 0 Å². The van der Waals surface area contributed by atoms with Gasteiger partial charge in [0.2, 0.25) is 5.91 Å². The second-order valence-corrected chi connectivity index (χ2v) is 3.38. The molecule has 1 aromatic heterocycles. The molecule has 0 unspecified atom stereocenters. The van der Waals surface area contributed by atoms with Crippen molar-refractivity contribution in [3.05, 3.63) is 30.1 Å². The number of aromatic amines is 1. The number of fused-ring (bicyclic) bond motifs is 1. The van der Waals surface area contributed by atoms with Gasteiger partial charge in [0.15, 0.2) is 0 Å². The van der Waals surface area contributed by atoms with Gasteiger partial charge in [-0.25, -0.2) is 4.98 Å². The number of alkyl halides is 1. The predicted molar refractivity (Wildman–Crippen MR) is 58.7 cm³/mol. The van der Waals surface area contributed by atoms with E-state index in [-0.39, 0.29) is 11.8 Å². The molecule has 15 heavy (non-hydrogen) atoms. The van der Waals surface area contributed by atoms with Gasteiger partial charge in [0, 0.05) is 0 Å². The van der Waals surface area contributed by atoms with Crippen LogP contribution >= 0.6 is 11.6 Å². The molecule has 78 valence electrons. The van der Waals surface area contributed by atoms with Crippen molar-refractivity contribution in [2.75, 3.05) is 5.88 Å². The first-order valence-corrected chi connectivity index (χ1v) is 5.09. The number of aromatic nitrogens is 2. The minimum atomic E-state index is -0.197. The zero-order valence-corrected chi connectivity index (χ0v) is 8.71. The number of nitrogens with one attached hydrogen (secondary N) is 2. The molecule has 2 aromatic rings. The van der Waals surface area contributed by atoms with Crippen LogP contribution in [0.5, 0.6) is 0 Å². The molecule has 0 fully saturated rings. The first-order valence-electron chi connectivity index (χ1n) is 4.56. The fraction of sp³-hybridized carbons (Fsp3) is 0.200. The molecule has 0 spiro atoms. The maximum atomic E-state index is 10.9. The molecule has 2 N–H and O–H groups in total. The monoisotopic (exact) mass is 223 g/mol. The largest absolute Gasteiger partial charge is 0.348 e. The minimum absolute atomic E-state index is 0.0276. The molecule has 0 saturated heterocycles. The Morgan fingerprint density at radius 3 is 3.00 bits per heavy atom. The predicted octanol–water partition coefficient (Wildman–Crippen LogP) is 1.42. The van der Waals surface area contributed by atoms with Gasteiger partial charge in [-0.15, -0.1) is 11.6 Å². The lowest BCUT2D eigenvalue weighted by Crippen LogP contribution is -2.24. The van der Waals surface area contributed by atoms with Crippen LogP contribution in [0.25, 0.3) is 11.0 Å². The molecular formula is C10H10ClN3O. The molecule has 1 aromatic carbocycles. The van der Waals surface area contributed by atoms with Crippen molar-refractivity contribution >= 4 is 28.5 Å². The maximum Gasteiger partial charge on any atom is 0.235 e. The highest BCUT2D eigenvalue weighted by Crippen LogP contribution is 2.09. The zero-order valence-electron chi connectivity index (χ0n) is 7.96. The maximum absolute atomic E-state index is 10.9. The van der Waals surface area contributed by atoms with Crippen molar-refractivity contribution < 1.29 is 4.79 Å². The van der Waals surface area contributed by atoms with E-state index in [1.54, 1.807) is 0 Å². The molecule has 0 aliphatic heterocycles. The van der Waals surface area contributed by atoms with Crippen LogP contribution in [0.15, 0.2) is 24.3 Å². The number of carbonyl (C=O) groups is 1. The van der Waals surface area contributed by atoms with E-state index in [2.05, 4.69) is 15.3 Å². The van der Waals surface area contributed by atoms with Crippen molar-refractivity contribution in [3.63, 3.8) is 0 Å². The molecule has 2 rings (SSSR count). The second-order valence-electron chi connectivity index (χ2n) is 3.11. The lowest BCUT2D eigenvalue weighted by Gasteiger charge is -1.98. The molecule has 0 saturated carbocycles. The van der Waals surface area contributed by atoms with Gasteiger partial charge in [-0.1, -0.05) is 12.1 Å². The molecule has 0 bridgehead atoms. The van der Waals surface area contributed by atoms with Gasteiger partial charge in [-0.05, 0) is 12.1 Å². The molecule has 0 aliphatic rings. The fourth-order valence-electron chi connectivity index (χ4n) is 1.32. The summed E-state index contributed by atoms with van der Waals surface area (Å²) in [6.45, 7) is 0.375. The summed E-state index contributed by atoms with van der Waals surface area (Å²) in [5.74, 6) is 0.507. The normalized spacial score (nSPS) is 10.5. The molecule has 0 atom stereocenters. The quantitative estimate of drug-likeness (QED) is 0.774. The third-order valence-electron chi connectivity index (χ3n) is 2.01. The first kappa shape index (κ1) is 9.98. The summed E-state index contributed by atoms with van der Waals surface area (Å²) in [4.78, 5) is 18.3.